The molecular weight excluding hydrogens is 305 g/mol. The molecule has 1 aromatic heterocycles. The highest BCUT2D eigenvalue weighted by molar-refractivity contribution is 6.55. The molecule has 0 saturated carbocycles. The van der Waals surface area contributed by atoms with E-state index in [9.17, 15) is 0 Å². The molecule has 2 aliphatic rings. The third-order valence-corrected chi connectivity index (χ3v) is 5.22. The van der Waals surface area contributed by atoms with E-state index >= 15 is 0 Å². The second-order valence-electron chi connectivity index (χ2n) is 7.59. The monoisotopic (exact) mass is 333 g/mol. The average molecular weight is 333 g/mol. The van der Waals surface area contributed by atoms with E-state index in [1.54, 1.807) is 0 Å². The maximum absolute atomic E-state index is 6.09. The molecule has 2 aliphatic heterocycles. The molecule has 0 amide bonds. The summed E-state index contributed by atoms with van der Waals surface area (Å²) in [7, 11) is -0.422. The number of nitrogens with two attached hydrogens (primary N) is 1. The third-order valence-electron chi connectivity index (χ3n) is 5.22. The highest BCUT2D eigenvalue weighted by Crippen LogP contribution is 2.38. The summed E-state index contributed by atoms with van der Waals surface area (Å²) in [5.74, 6) is 0. The molecule has 3 heterocycles. The number of rotatable bonds is 4. The quantitative estimate of drug-likeness (QED) is 0.858. The SMILES string of the molecule is CC1(C)OB(C(=Cc2cnn([C@@H]3CCCCO3)c2)CN)OC1(C)C. The number of nitrogens with zero attached hydrogens (tertiary/aromatic N) is 2. The lowest BCUT2D eigenvalue weighted by Gasteiger charge is -2.32. The van der Waals surface area contributed by atoms with Crippen LogP contribution >= 0.6 is 0 Å². The number of ether oxygens (including phenoxy) is 1. The summed E-state index contributed by atoms with van der Waals surface area (Å²) >= 11 is 0. The summed E-state index contributed by atoms with van der Waals surface area (Å²) in [5.41, 5.74) is 7.11. The Labute approximate surface area is 144 Å². The van der Waals surface area contributed by atoms with Crippen LogP contribution in [0.1, 0.15) is 58.7 Å². The first kappa shape index (κ1) is 17.7. The molecule has 0 bridgehead atoms. The summed E-state index contributed by atoms with van der Waals surface area (Å²) in [6.45, 7) is 9.35. The number of hydrogen-bond acceptors (Lipinski definition) is 5. The van der Waals surface area contributed by atoms with Crippen LogP contribution in [0.25, 0.3) is 6.08 Å². The highest BCUT2D eigenvalue weighted by atomic mass is 16.7. The van der Waals surface area contributed by atoms with Gasteiger partial charge >= 0.3 is 7.12 Å². The largest absolute Gasteiger partial charge is 0.491 e. The molecule has 0 aliphatic carbocycles. The van der Waals surface area contributed by atoms with Gasteiger partial charge in [-0.1, -0.05) is 6.08 Å². The molecule has 0 spiro atoms. The Morgan fingerprint density at radius 1 is 1.33 bits per heavy atom. The van der Waals surface area contributed by atoms with Gasteiger partial charge in [0.2, 0.25) is 0 Å². The molecule has 132 valence electrons. The van der Waals surface area contributed by atoms with E-state index in [0.29, 0.717) is 6.54 Å². The van der Waals surface area contributed by atoms with Crippen LogP contribution < -0.4 is 5.73 Å². The van der Waals surface area contributed by atoms with Gasteiger partial charge in [-0.3, -0.25) is 0 Å². The summed E-state index contributed by atoms with van der Waals surface area (Å²) in [5, 5.41) is 4.44. The average Bonchev–Trinajstić information content (AvgIpc) is 3.08. The van der Waals surface area contributed by atoms with E-state index in [1.165, 1.54) is 6.42 Å². The fourth-order valence-electron chi connectivity index (χ4n) is 2.95. The fourth-order valence-corrected chi connectivity index (χ4v) is 2.95. The Hall–Kier alpha value is -1.15. The first-order valence-corrected chi connectivity index (χ1v) is 8.74. The molecule has 1 atom stereocenters. The minimum absolute atomic E-state index is 0.0408. The normalized spacial score (nSPS) is 26.8. The van der Waals surface area contributed by atoms with Gasteiger partial charge in [0.15, 0.2) is 0 Å². The van der Waals surface area contributed by atoms with Crippen molar-refractivity contribution >= 4 is 13.2 Å². The van der Waals surface area contributed by atoms with Gasteiger partial charge in [0.1, 0.15) is 6.23 Å². The second kappa shape index (κ2) is 6.63. The summed E-state index contributed by atoms with van der Waals surface area (Å²) in [6, 6.07) is 0. The van der Waals surface area contributed by atoms with Crippen molar-refractivity contribution in [1.82, 2.24) is 9.78 Å². The lowest BCUT2D eigenvalue weighted by Crippen LogP contribution is -2.41. The predicted molar refractivity (Wildman–Crippen MR) is 94.2 cm³/mol. The van der Waals surface area contributed by atoms with Crippen molar-refractivity contribution in [2.45, 2.75) is 64.4 Å². The van der Waals surface area contributed by atoms with Crippen LogP contribution in [0.4, 0.5) is 0 Å². The Morgan fingerprint density at radius 2 is 2.04 bits per heavy atom. The molecule has 2 N–H and O–H groups in total. The Bertz CT molecular complexity index is 590. The topological polar surface area (TPSA) is 71.5 Å². The van der Waals surface area contributed by atoms with Crippen LogP contribution in [0, 0.1) is 0 Å². The Kier molecular flexibility index (Phi) is 4.88. The van der Waals surface area contributed by atoms with Gasteiger partial charge in [-0.05, 0) is 52.4 Å². The van der Waals surface area contributed by atoms with Gasteiger partial charge in [0, 0.05) is 24.9 Å². The molecule has 24 heavy (non-hydrogen) atoms. The maximum atomic E-state index is 6.09. The van der Waals surface area contributed by atoms with E-state index in [-0.39, 0.29) is 17.4 Å². The number of hydrogen-bond donors (Lipinski definition) is 1. The van der Waals surface area contributed by atoms with Gasteiger partial charge < -0.3 is 19.8 Å². The highest BCUT2D eigenvalue weighted by Gasteiger charge is 2.52. The Balaban J connectivity index is 1.75. The maximum Gasteiger partial charge on any atom is 0.491 e. The molecule has 0 unspecified atom stereocenters. The molecule has 1 aromatic rings. The van der Waals surface area contributed by atoms with Gasteiger partial charge in [-0.25, -0.2) is 4.68 Å². The summed E-state index contributed by atoms with van der Waals surface area (Å²) < 4.78 is 19.8. The predicted octanol–water partition coefficient (Wildman–Crippen LogP) is 2.56. The summed E-state index contributed by atoms with van der Waals surface area (Å²) in [4.78, 5) is 0. The third kappa shape index (κ3) is 3.44. The number of aromatic nitrogens is 2. The molecule has 0 radical (unpaired) electrons. The molecule has 2 saturated heterocycles. The zero-order valence-corrected chi connectivity index (χ0v) is 15.1. The minimum atomic E-state index is -0.422. The lowest BCUT2D eigenvalue weighted by atomic mass is 9.77. The zero-order valence-electron chi connectivity index (χ0n) is 15.1. The van der Waals surface area contributed by atoms with Crippen molar-refractivity contribution in [3.63, 3.8) is 0 Å². The Morgan fingerprint density at radius 3 is 2.62 bits per heavy atom. The second-order valence-corrected chi connectivity index (χ2v) is 7.59. The van der Waals surface area contributed by atoms with E-state index < -0.39 is 7.12 Å². The molecular formula is C17H28BN3O3. The van der Waals surface area contributed by atoms with Crippen LogP contribution in [0.15, 0.2) is 17.9 Å². The van der Waals surface area contributed by atoms with E-state index in [0.717, 1.165) is 30.5 Å². The van der Waals surface area contributed by atoms with Crippen LogP contribution in [0.3, 0.4) is 0 Å². The van der Waals surface area contributed by atoms with Crippen molar-refractivity contribution in [1.29, 1.82) is 0 Å². The summed E-state index contributed by atoms with van der Waals surface area (Å²) in [6.07, 6.45) is 9.19. The van der Waals surface area contributed by atoms with Crippen LogP contribution in [-0.4, -0.2) is 41.3 Å². The molecule has 3 rings (SSSR count). The van der Waals surface area contributed by atoms with Gasteiger partial charge in [0.05, 0.1) is 17.4 Å². The first-order valence-electron chi connectivity index (χ1n) is 8.74. The molecule has 0 aromatic carbocycles. The molecule has 2 fully saturated rings. The van der Waals surface area contributed by atoms with Gasteiger partial charge in [0.25, 0.3) is 0 Å². The molecule has 6 nitrogen and oxygen atoms in total. The van der Waals surface area contributed by atoms with Crippen LogP contribution in [0.2, 0.25) is 0 Å². The van der Waals surface area contributed by atoms with E-state index in [4.69, 9.17) is 19.8 Å². The lowest BCUT2D eigenvalue weighted by molar-refractivity contribution is -0.0394. The zero-order chi connectivity index (χ0) is 17.4. The first-order chi connectivity index (χ1) is 11.3. The van der Waals surface area contributed by atoms with E-state index in [2.05, 4.69) is 5.10 Å². The van der Waals surface area contributed by atoms with Crippen molar-refractivity contribution in [3.8, 4) is 0 Å². The van der Waals surface area contributed by atoms with Crippen LogP contribution in [0.5, 0.6) is 0 Å². The van der Waals surface area contributed by atoms with Crippen molar-refractivity contribution < 1.29 is 14.0 Å². The van der Waals surface area contributed by atoms with Crippen molar-refractivity contribution in [3.05, 3.63) is 23.4 Å². The van der Waals surface area contributed by atoms with Gasteiger partial charge in [-0.2, -0.15) is 5.10 Å². The smallest absolute Gasteiger partial charge is 0.400 e. The molecule has 7 heteroatoms. The van der Waals surface area contributed by atoms with E-state index in [1.807, 2.05) is 50.8 Å². The van der Waals surface area contributed by atoms with Crippen molar-refractivity contribution in [2.75, 3.05) is 13.2 Å². The standard InChI is InChI=1S/C17H28BN3O3/c1-16(2)17(3,4)24-18(23-16)14(10-19)9-13-11-20-21(12-13)15-7-5-6-8-22-15/h9,11-12,15H,5-8,10,19H2,1-4H3/t15-/m0/s1. The van der Waals surface area contributed by atoms with Gasteiger partial charge in [-0.15, -0.1) is 0 Å². The van der Waals surface area contributed by atoms with Crippen molar-refractivity contribution in [2.24, 2.45) is 5.73 Å². The minimum Gasteiger partial charge on any atom is -0.400 e. The van der Waals surface area contributed by atoms with Crippen LogP contribution in [-0.2, 0) is 14.0 Å². The fraction of sp³-hybridized carbons (Fsp3) is 0.706.